The van der Waals surface area contributed by atoms with Gasteiger partial charge in [-0.25, -0.2) is 0 Å². The molecule has 1 atom stereocenters. The summed E-state index contributed by atoms with van der Waals surface area (Å²) in [4.78, 5) is 27.6. The summed E-state index contributed by atoms with van der Waals surface area (Å²) in [5, 5.41) is 11.2. The van der Waals surface area contributed by atoms with E-state index < -0.39 is 17.7 Å². The molecule has 34 heavy (non-hydrogen) atoms. The predicted molar refractivity (Wildman–Crippen MR) is 126 cm³/mol. The highest BCUT2D eigenvalue weighted by Gasteiger charge is 2.46. The third kappa shape index (κ3) is 4.69. The van der Waals surface area contributed by atoms with Crippen molar-refractivity contribution < 1.29 is 28.6 Å². The second kappa shape index (κ2) is 10.3. The number of ether oxygens (including phenoxy) is 2. The van der Waals surface area contributed by atoms with Gasteiger partial charge in [0, 0.05) is 5.56 Å². The molecule has 0 spiro atoms. The van der Waals surface area contributed by atoms with Gasteiger partial charge in [0.1, 0.15) is 23.0 Å². The Morgan fingerprint density at radius 2 is 1.65 bits per heavy atom. The van der Waals surface area contributed by atoms with Gasteiger partial charge in [-0.3, -0.25) is 9.59 Å². The van der Waals surface area contributed by atoms with Crippen LogP contribution >= 0.6 is 0 Å². The van der Waals surface area contributed by atoms with E-state index in [1.165, 1.54) is 11.2 Å². The molecule has 0 bridgehead atoms. The number of amides is 1. The molecule has 1 aliphatic heterocycles. The fraction of sp³-hybridized carbons (Fsp3) is 0.259. The Bertz CT molecular complexity index is 1160. The number of carbonyl (C=O) groups excluding carboxylic acids is 2. The highest BCUT2D eigenvalue weighted by molar-refractivity contribution is 6.46. The van der Waals surface area contributed by atoms with Gasteiger partial charge >= 0.3 is 0 Å². The van der Waals surface area contributed by atoms with E-state index >= 15 is 0 Å². The van der Waals surface area contributed by atoms with Crippen LogP contribution in [0.15, 0.2) is 76.9 Å². The van der Waals surface area contributed by atoms with Crippen LogP contribution in [0.1, 0.15) is 43.2 Å². The topological polar surface area (TPSA) is 89.2 Å². The van der Waals surface area contributed by atoms with Crippen LogP contribution in [0, 0.1) is 0 Å². The van der Waals surface area contributed by atoms with Crippen molar-refractivity contribution in [1.29, 1.82) is 0 Å². The number of hydrogen-bond acceptors (Lipinski definition) is 6. The molecule has 7 nitrogen and oxygen atoms in total. The molecular formula is C27H27NO6. The minimum Gasteiger partial charge on any atom is -0.507 e. The molecule has 4 rings (SSSR count). The third-order valence-corrected chi connectivity index (χ3v) is 5.55. The number of furan rings is 1. The van der Waals surface area contributed by atoms with E-state index in [-0.39, 0.29) is 17.9 Å². The van der Waals surface area contributed by atoms with Crippen molar-refractivity contribution in [1.82, 2.24) is 4.90 Å². The fourth-order valence-electron chi connectivity index (χ4n) is 3.96. The number of hydrogen-bond donors (Lipinski definition) is 1. The van der Waals surface area contributed by atoms with Crippen LogP contribution in [0.5, 0.6) is 11.5 Å². The van der Waals surface area contributed by atoms with Crippen molar-refractivity contribution in [2.24, 2.45) is 0 Å². The maximum absolute atomic E-state index is 13.1. The summed E-state index contributed by atoms with van der Waals surface area (Å²) in [5.74, 6) is 0.210. The number of ketones is 1. The minimum absolute atomic E-state index is 0.0305. The second-order valence-corrected chi connectivity index (χ2v) is 7.88. The first-order valence-electron chi connectivity index (χ1n) is 11.3. The maximum Gasteiger partial charge on any atom is 0.296 e. The van der Waals surface area contributed by atoms with Crippen molar-refractivity contribution in [3.63, 3.8) is 0 Å². The molecule has 1 saturated heterocycles. The van der Waals surface area contributed by atoms with Crippen molar-refractivity contribution in [2.45, 2.75) is 32.9 Å². The molecule has 1 fully saturated rings. The van der Waals surface area contributed by atoms with Gasteiger partial charge in [-0.2, -0.15) is 0 Å². The normalized spacial score (nSPS) is 17.2. The average molecular weight is 462 g/mol. The van der Waals surface area contributed by atoms with Gasteiger partial charge in [0.05, 0.1) is 37.6 Å². The van der Waals surface area contributed by atoms with E-state index in [2.05, 4.69) is 0 Å². The first-order valence-corrected chi connectivity index (χ1v) is 11.3. The van der Waals surface area contributed by atoms with Crippen LogP contribution in [-0.2, 0) is 16.1 Å². The van der Waals surface area contributed by atoms with Crippen LogP contribution < -0.4 is 9.47 Å². The summed E-state index contributed by atoms with van der Waals surface area (Å²) < 4.78 is 16.6. The van der Waals surface area contributed by atoms with E-state index in [9.17, 15) is 14.7 Å². The van der Waals surface area contributed by atoms with Crippen LogP contribution in [-0.4, -0.2) is 34.9 Å². The van der Waals surface area contributed by atoms with Gasteiger partial charge in [-0.1, -0.05) is 19.1 Å². The Hall–Kier alpha value is -4.00. The maximum atomic E-state index is 13.1. The molecule has 1 amide bonds. The molecule has 3 aromatic rings. The Balaban J connectivity index is 1.76. The fourth-order valence-corrected chi connectivity index (χ4v) is 3.96. The minimum atomic E-state index is -0.781. The van der Waals surface area contributed by atoms with E-state index in [0.717, 1.165) is 6.42 Å². The molecule has 0 saturated carbocycles. The van der Waals surface area contributed by atoms with Crippen molar-refractivity contribution >= 4 is 17.4 Å². The number of aliphatic hydroxyl groups is 1. The molecule has 176 valence electrons. The van der Waals surface area contributed by atoms with Gasteiger partial charge in [0.25, 0.3) is 11.7 Å². The first kappa shape index (κ1) is 23.2. The molecule has 1 unspecified atom stereocenters. The summed E-state index contributed by atoms with van der Waals surface area (Å²) in [5.41, 5.74) is 1.14. The molecule has 0 radical (unpaired) electrons. The average Bonchev–Trinajstić information content (AvgIpc) is 3.46. The highest BCUT2D eigenvalue weighted by atomic mass is 16.5. The highest BCUT2D eigenvalue weighted by Crippen LogP contribution is 2.40. The zero-order chi connectivity index (χ0) is 24.1. The van der Waals surface area contributed by atoms with E-state index in [4.69, 9.17) is 13.9 Å². The van der Waals surface area contributed by atoms with Gasteiger partial charge < -0.3 is 23.9 Å². The first-order chi connectivity index (χ1) is 16.5. The molecule has 2 heterocycles. The molecular weight excluding hydrogens is 434 g/mol. The summed E-state index contributed by atoms with van der Waals surface area (Å²) in [6, 6.07) is 16.7. The Morgan fingerprint density at radius 1 is 0.971 bits per heavy atom. The lowest BCUT2D eigenvalue weighted by molar-refractivity contribution is -0.140. The third-order valence-electron chi connectivity index (χ3n) is 5.55. The zero-order valence-electron chi connectivity index (χ0n) is 19.2. The predicted octanol–water partition coefficient (Wildman–Crippen LogP) is 5.09. The second-order valence-electron chi connectivity index (χ2n) is 7.88. The number of rotatable bonds is 9. The van der Waals surface area contributed by atoms with Gasteiger partial charge in [-0.15, -0.1) is 0 Å². The number of likely N-dealkylation sites (tertiary alicyclic amines) is 1. The van der Waals surface area contributed by atoms with Crippen LogP contribution in [0.3, 0.4) is 0 Å². The molecule has 0 aliphatic carbocycles. The monoisotopic (exact) mass is 461 g/mol. The Morgan fingerprint density at radius 3 is 2.26 bits per heavy atom. The number of carbonyl (C=O) groups is 2. The van der Waals surface area contributed by atoms with Crippen LogP contribution in [0.4, 0.5) is 0 Å². The number of aliphatic hydroxyl groups excluding tert-OH is 1. The molecule has 2 aromatic carbocycles. The number of Topliss-reactive ketones (excluding diaryl/α,β-unsaturated/α-hetero) is 1. The van der Waals surface area contributed by atoms with E-state index in [1.807, 2.05) is 26.0 Å². The van der Waals surface area contributed by atoms with Crippen molar-refractivity contribution in [3.05, 3.63) is 89.4 Å². The van der Waals surface area contributed by atoms with Gasteiger partial charge in [0.15, 0.2) is 0 Å². The van der Waals surface area contributed by atoms with Gasteiger partial charge in [-0.05, 0) is 67.4 Å². The molecule has 1 N–H and O–H groups in total. The molecule has 7 heteroatoms. The smallest absolute Gasteiger partial charge is 0.296 e. The quantitative estimate of drug-likeness (QED) is 0.271. The molecule has 1 aliphatic rings. The van der Waals surface area contributed by atoms with E-state index in [0.29, 0.717) is 41.6 Å². The van der Waals surface area contributed by atoms with E-state index in [1.54, 1.807) is 48.5 Å². The lowest BCUT2D eigenvalue weighted by Gasteiger charge is -2.24. The number of nitrogens with zero attached hydrogens (tertiary/aromatic N) is 1. The van der Waals surface area contributed by atoms with Crippen LogP contribution in [0.25, 0.3) is 5.76 Å². The lowest BCUT2D eigenvalue weighted by Crippen LogP contribution is -2.29. The van der Waals surface area contributed by atoms with Crippen molar-refractivity contribution in [3.8, 4) is 11.5 Å². The summed E-state index contributed by atoms with van der Waals surface area (Å²) in [7, 11) is 0. The molecule has 1 aromatic heterocycles. The van der Waals surface area contributed by atoms with Gasteiger partial charge in [0.2, 0.25) is 0 Å². The zero-order valence-corrected chi connectivity index (χ0v) is 19.2. The van der Waals surface area contributed by atoms with Crippen molar-refractivity contribution in [2.75, 3.05) is 13.2 Å². The summed E-state index contributed by atoms with van der Waals surface area (Å²) in [6.07, 6.45) is 2.40. The SMILES string of the molecule is CCCOc1ccc(C2/C(=C(/O)c3ccc(OCC)cc3)C(=O)C(=O)N2Cc2ccco2)cc1. The lowest BCUT2D eigenvalue weighted by atomic mass is 9.95. The Kier molecular flexibility index (Phi) is 7.01. The van der Waals surface area contributed by atoms with Crippen LogP contribution in [0.2, 0.25) is 0 Å². The summed E-state index contributed by atoms with van der Waals surface area (Å²) in [6.45, 7) is 5.11. The standard InChI is InChI=1S/C27H27NO6/c1-3-15-33-21-11-7-18(8-12-21)24-23(25(29)19-9-13-20(14-10-19)32-4-2)26(30)27(31)28(24)17-22-6-5-16-34-22/h5-14,16,24,29H,3-4,15,17H2,1-2H3/b25-23-. The largest absolute Gasteiger partial charge is 0.507 e. The summed E-state index contributed by atoms with van der Waals surface area (Å²) >= 11 is 0. The number of benzene rings is 2. The Labute approximate surface area is 198 Å².